The maximum atomic E-state index is 12.6. The second kappa shape index (κ2) is 8.89. The molecular formula is C21H23N3O3. The number of amides is 1. The molecule has 0 spiro atoms. The van der Waals surface area contributed by atoms with Crippen LogP contribution < -0.4 is 14.8 Å². The van der Waals surface area contributed by atoms with E-state index >= 15 is 0 Å². The molecule has 6 heteroatoms. The van der Waals surface area contributed by atoms with Crippen molar-refractivity contribution >= 4 is 5.91 Å². The Hall–Kier alpha value is -3.28. The van der Waals surface area contributed by atoms with E-state index in [1.807, 2.05) is 35.9 Å². The van der Waals surface area contributed by atoms with Crippen LogP contribution in [0.25, 0.3) is 0 Å². The fraction of sp³-hybridized carbons (Fsp3) is 0.238. The van der Waals surface area contributed by atoms with Gasteiger partial charge in [-0.25, -0.2) is 4.98 Å². The van der Waals surface area contributed by atoms with Crippen LogP contribution in [0.15, 0.2) is 61.2 Å². The molecule has 0 saturated carbocycles. The van der Waals surface area contributed by atoms with Crippen LogP contribution in [0.1, 0.15) is 28.4 Å². The number of hydrogen-bond acceptors (Lipinski definition) is 4. The Morgan fingerprint density at radius 1 is 1.15 bits per heavy atom. The van der Waals surface area contributed by atoms with Gasteiger partial charge in [-0.3, -0.25) is 4.79 Å². The molecule has 0 saturated heterocycles. The fourth-order valence-electron chi connectivity index (χ4n) is 2.82. The quantitative estimate of drug-likeness (QED) is 0.665. The van der Waals surface area contributed by atoms with Crippen molar-refractivity contribution in [2.45, 2.75) is 20.0 Å². The number of nitrogens with one attached hydrogen (secondary N) is 1. The van der Waals surface area contributed by atoms with Gasteiger partial charge in [0.15, 0.2) is 11.5 Å². The first-order chi connectivity index (χ1) is 13.2. The summed E-state index contributed by atoms with van der Waals surface area (Å²) in [6.45, 7) is 3.55. The van der Waals surface area contributed by atoms with Gasteiger partial charge in [0, 0.05) is 31.0 Å². The third-order valence-corrected chi connectivity index (χ3v) is 4.20. The van der Waals surface area contributed by atoms with Crippen molar-refractivity contribution in [2.75, 3.05) is 13.7 Å². The van der Waals surface area contributed by atoms with E-state index < -0.39 is 0 Å². The standard InChI is InChI=1S/C21H23N3O3/c1-3-27-20-12-16(8-9-19(20)26-2)21(25)23-13-17-6-4-5-7-18(17)14-24-11-10-22-15-24/h4-12,15H,3,13-14H2,1-2H3,(H,23,25). The van der Waals surface area contributed by atoms with E-state index in [1.165, 1.54) is 0 Å². The molecule has 3 aromatic rings. The van der Waals surface area contributed by atoms with Crippen LogP contribution in [0.4, 0.5) is 0 Å². The fourth-order valence-corrected chi connectivity index (χ4v) is 2.82. The first-order valence-corrected chi connectivity index (χ1v) is 8.82. The van der Waals surface area contributed by atoms with E-state index in [-0.39, 0.29) is 5.91 Å². The summed E-state index contributed by atoms with van der Waals surface area (Å²) in [4.78, 5) is 16.7. The van der Waals surface area contributed by atoms with Gasteiger partial charge in [0.25, 0.3) is 5.91 Å². The van der Waals surface area contributed by atoms with E-state index in [9.17, 15) is 4.79 Å². The molecule has 0 aliphatic heterocycles. The maximum absolute atomic E-state index is 12.6. The summed E-state index contributed by atoms with van der Waals surface area (Å²) < 4.78 is 12.8. The van der Waals surface area contributed by atoms with Crippen LogP contribution in [0, 0.1) is 0 Å². The lowest BCUT2D eigenvalue weighted by Crippen LogP contribution is -2.23. The van der Waals surface area contributed by atoms with Crippen LogP contribution in [0.5, 0.6) is 11.5 Å². The van der Waals surface area contributed by atoms with Crippen LogP contribution >= 0.6 is 0 Å². The molecule has 1 aromatic heterocycles. The summed E-state index contributed by atoms with van der Waals surface area (Å²) in [5, 5.41) is 2.98. The van der Waals surface area contributed by atoms with Crippen LogP contribution in [-0.2, 0) is 13.1 Å². The highest BCUT2D eigenvalue weighted by molar-refractivity contribution is 5.94. The highest BCUT2D eigenvalue weighted by Gasteiger charge is 2.12. The Morgan fingerprint density at radius 3 is 2.67 bits per heavy atom. The zero-order chi connectivity index (χ0) is 19.1. The molecule has 0 fully saturated rings. The Labute approximate surface area is 158 Å². The van der Waals surface area contributed by atoms with Gasteiger partial charge in [0.05, 0.1) is 20.0 Å². The number of ether oxygens (including phenoxy) is 2. The van der Waals surface area contributed by atoms with Crippen molar-refractivity contribution in [2.24, 2.45) is 0 Å². The molecule has 6 nitrogen and oxygen atoms in total. The van der Waals surface area contributed by atoms with Gasteiger partial charge in [0.1, 0.15) is 0 Å². The summed E-state index contributed by atoms with van der Waals surface area (Å²) in [5.41, 5.74) is 2.74. The van der Waals surface area contributed by atoms with Crippen molar-refractivity contribution in [1.29, 1.82) is 0 Å². The summed E-state index contributed by atoms with van der Waals surface area (Å²) >= 11 is 0. The van der Waals surface area contributed by atoms with E-state index in [2.05, 4.69) is 16.4 Å². The van der Waals surface area contributed by atoms with Crippen LogP contribution in [-0.4, -0.2) is 29.2 Å². The minimum absolute atomic E-state index is 0.156. The molecular weight excluding hydrogens is 342 g/mol. The highest BCUT2D eigenvalue weighted by atomic mass is 16.5. The molecule has 140 valence electrons. The third kappa shape index (κ3) is 4.67. The molecule has 0 unspecified atom stereocenters. The van der Waals surface area contributed by atoms with Crippen molar-refractivity contribution in [1.82, 2.24) is 14.9 Å². The summed E-state index contributed by atoms with van der Waals surface area (Å²) in [6, 6.07) is 13.2. The first kappa shape index (κ1) is 18.5. The average molecular weight is 365 g/mol. The van der Waals surface area contributed by atoms with Crippen LogP contribution in [0.3, 0.4) is 0 Å². The number of imidazole rings is 1. The van der Waals surface area contributed by atoms with Gasteiger partial charge >= 0.3 is 0 Å². The van der Waals surface area contributed by atoms with Crippen molar-refractivity contribution in [3.63, 3.8) is 0 Å². The lowest BCUT2D eigenvalue weighted by molar-refractivity contribution is 0.0950. The number of benzene rings is 2. The third-order valence-electron chi connectivity index (χ3n) is 4.20. The van der Waals surface area contributed by atoms with Gasteiger partial charge in [-0.1, -0.05) is 24.3 Å². The summed E-state index contributed by atoms with van der Waals surface area (Å²) in [7, 11) is 1.58. The number of hydrogen-bond donors (Lipinski definition) is 1. The Morgan fingerprint density at radius 2 is 1.96 bits per heavy atom. The molecule has 1 amide bonds. The van der Waals surface area contributed by atoms with Crippen molar-refractivity contribution in [3.05, 3.63) is 77.9 Å². The molecule has 2 aromatic carbocycles. The lowest BCUT2D eigenvalue weighted by Gasteiger charge is -2.13. The number of methoxy groups -OCH3 is 1. The zero-order valence-electron chi connectivity index (χ0n) is 15.5. The van der Waals surface area contributed by atoms with Gasteiger partial charge < -0.3 is 19.4 Å². The van der Waals surface area contributed by atoms with Crippen molar-refractivity contribution in [3.8, 4) is 11.5 Å². The minimum Gasteiger partial charge on any atom is -0.493 e. The zero-order valence-corrected chi connectivity index (χ0v) is 15.5. The van der Waals surface area contributed by atoms with Gasteiger partial charge in [-0.05, 0) is 36.2 Å². The molecule has 0 aliphatic rings. The van der Waals surface area contributed by atoms with Crippen LogP contribution in [0.2, 0.25) is 0 Å². The SMILES string of the molecule is CCOc1cc(C(=O)NCc2ccccc2Cn2ccnc2)ccc1OC. The molecule has 1 N–H and O–H groups in total. The largest absolute Gasteiger partial charge is 0.493 e. The predicted molar refractivity (Wildman–Crippen MR) is 103 cm³/mol. The Bertz CT molecular complexity index is 891. The van der Waals surface area contributed by atoms with Gasteiger partial charge in [-0.2, -0.15) is 0 Å². The number of carbonyl (C=O) groups is 1. The molecule has 0 atom stereocenters. The summed E-state index contributed by atoms with van der Waals surface area (Å²) in [5.74, 6) is 1.02. The normalized spacial score (nSPS) is 10.4. The van der Waals surface area contributed by atoms with E-state index in [4.69, 9.17) is 9.47 Å². The second-order valence-electron chi connectivity index (χ2n) is 5.99. The number of carbonyl (C=O) groups excluding carboxylic acids is 1. The monoisotopic (exact) mass is 365 g/mol. The molecule has 0 bridgehead atoms. The number of aromatic nitrogens is 2. The molecule has 1 heterocycles. The lowest BCUT2D eigenvalue weighted by atomic mass is 10.1. The Balaban J connectivity index is 1.70. The van der Waals surface area contributed by atoms with E-state index in [1.54, 1.807) is 37.8 Å². The maximum Gasteiger partial charge on any atom is 0.251 e. The van der Waals surface area contributed by atoms with Gasteiger partial charge in [-0.15, -0.1) is 0 Å². The topological polar surface area (TPSA) is 65.4 Å². The number of nitrogens with zero attached hydrogens (tertiary/aromatic N) is 2. The first-order valence-electron chi connectivity index (χ1n) is 8.82. The smallest absolute Gasteiger partial charge is 0.251 e. The second-order valence-corrected chi connectivity index (χ2v) is 5.99. The summed E-state index contributed by atoms with van der Waals surface area (Å²) in [6.07, 6.45) is 5.45. The predicted octanol–water partition coefficient (Wildman–Crippen LogP) is 3.27. The van der Waals surface area contributed by atoms with Gasteiger partial charge in [0.2, 0.25) is 0 Å². The molecule has 27 heavy (non-hydrogen) atoms. The van der Waals surface area contributed by atoms with E-state index in [0.717, 1.165) is 11.1 Å². The highest BCUT2D eigenvalue weighted by Crippen LogP contribution is 2.28. The molecule has 3 rings (SSSR count). The molecule has 0 aliphatic carbocycles. The van der Waals surface area contributed by atoms with Crippen molar-refractivity contribution < 1.29 is 14.3 Å². The number of rotatable bonds is 8. The van der Waals surface area contributed by atoms with E-state index in [0.29, 0.717) is 36.8 Å². The molecule has 0 radical (unpaired) electrons. The Kier molecular flexibility index (Phi) is 6.10. The minimum atomic E-state index is -0.156. The average Bonchev–Trinajstić information content (AvgIpc) is 3.20.